The Kier molecular flexibility index (Phi) is 8.36. The highest BCUT2D eigenvalue weighted by molar-refractivity contribution is 5.37. The minimum Gasteiger partial charge on any atom is -0.392 e. The number of ether oxygens (including phenoxy) is 1. The molecule has 1 heterocycles. The van der Waals surface area contributed by atoms with E-state index < -0.39 is 0 Å². The summed E-state index contributed by atoms with van der Waals surface area (Å²) < 4.78 is 5.72. The van der Waals surface area contributed by atoms with Gasteiger partial charge in [-0.1, -0.05) is 77.9 Å². The molecule has 0 aromatic heterocycles. The van der Waals surface area contributed by atoms with Crippen LogP contribution in [0.4, 0.5) is 0 Å². The summed E-state index contributed by atoms with van der Waals surface area (Å²) >= 11 is 0. The SMILES string of the molecule is CC(C)c1ccc(C(C)CCC(C)c2ccc(C(C)C)c(CC3CCO3)c2)c(CO)c1. The van der Waals surface area contributed by atoms with Crippen LogP contribution in [0.1, 0.15) is 118 Å². The predicted molar refractivity (Wildman–Crippen MR) is 131 cm³/mol. The molecule has 1 aliphatic heterocycles. The monoisotopic (exact) mass is 422 g/mol. The molecule has 3 atom stereocenters. The van der Waals surface area contributed by atoms with Crippen molar-refractivity contribution in [3.8, 4) is 0 Å². The third-order valence-electron chi connectivity index (χ3n) is 7.17. The first kappa shape index (κ1) is 24.0. The topological polar surface area (TPSA) is 29.5 Å². The van der Waals surface area contributed by atoms with Crippen molar-refractivity contribution in [2.75, 3.05) is 6.61 Å². The molecule has 0 radical (unpaired) electrons. The molecule has 31 heavy (non-hydrogen) atoms. The van der Waals surface area contributed by atoms with Gasteiger partial charge in [0.1, 0.15) is 0 Å². The molecule has 1 fully saturated rings. The molecule has 0 bridgehead atoms. The fraction of sp³-hybridized carbons (Fsp3) is 0.586. The summed E-state index contributed by atoms with van der Waals surface area (Å²) in [6, 6.07) is 13.8. The summed E-state index contributed by atoms with van der Waals surface area (Å²) in [5.74, 6) is 2.01. The molecule has 2 aromatic carbocycles. The quantitative estimate of drug-likeness (QED) is 0.431. The molecule has 1 aliphatic rings. The second-order valence-electron chi connectivity index (χ2n) is 10.2. The molecule has 2 nitrogen and oxygen atoms in total. The summed E-state index contributed by atoms with van der Waals surface area (Å²) in [6.45, 7) is 14.7. The van der Waals surface area contributed by atoms with Crippen LogP contribution in [-0.4, -0.2) is 17.8 Å². The van der Waals surface area contributed by atoms with Crippen molar-refractivity contribution in [3.63, 3.8) is 0 Å². The highest BCUT2D eigenvalue weighted by Crippen LogP contribution is 2.33. The van der Waals surface area contributed by atoms with Crippen LogP contribution in [0.2, 0.25) is 0 Å². The van der Waals surface area contributed by atoms with Crippen LogP contribution in [0.5, 0.6) is 0 Å². The van der Waals surface area contributed by atoms with Crippen LogP contribution in [0, 0.1) is 0 Å². The first-order valence-corrected chi connectivity index (χ1v) is 12.3. The summed E-state index contributed by atoms with van der Waals surface area (Å²) in [7, 11) is 0. The lowest BCUT2D eigenvalue weighted by molar-refractivity contribution is -0.0493. The van der Waals surface area contributed by atoms with E-state index in [1.54, 1.807) is 0 Å². The molecular formula is C29H42O2. The average molecular weight is 423 g/mol. The maximum Gasteiger partial charge on any atom is 0.0684 e. The molecule has 0 spiro atoms. The molecule has 1 N–H and O–H groups in total. The van der Waals surface area contributed by atoms with Gasteiger partial charge in [-0.3, -0.25) is 0 Å². The standard InChI is InChI=1S/C29H42O2/c1-19(2)23-9-12-29(26(15-23)18-30)22(6)8-7-21(5)24-10-11-28(20(3)4)25(16-24)17-27-13-14-31-27/h9-12,15-16,19-22,27,30H,7-8,13-14,17-18H2,1-6H3. The number of hydrogen-bond donors (Lipinski definition) is 1. The van der Waals surface area contributed by atoms with E-state index in [0.717, 1.165) is 31.4 Å². The molecule has 3 unspecified atom stereocenters. The molecule has 170 valence electrons. The molecule has 1 saturated heterocycles. The van der Waals surface area contributed by atoms with Crippen molar-refractivity contribution in [1.82, 2.24) is 0 Å². The van der Waals surface area contributed by atoms with Gasteiger partial charge in [-0.2, -0.15) is 0 Å². The van der Waals surface area contributed by atoms with Crippen molar-refractivity contribution in [3.05, 3.63) is 69.8 Å². The zero-order chi connectivity index (χ0) is 22.5. The van der Waals surface area contributed by atoms with E-state index in [1.165, 1.54) is 34.2 Å². The summed E-state index contributed by atoms with van der Waals surface area (Å²) in [5, 5.41) is 9.92. The number of hydrogen-bond acceptors (Lipinski definition) is 2. The normalized spacial score (nSPS) is 18.3. The molecule has 0 saturated carbocycles. The van der Waals surface area contributed by atoms with Crippen LogP contribution in [0.3, 0.4) is 0 Å². The lowest BCUT2D eigenvalue weighted by Crippen LogP contribution is -2.29. The highest BCUT2D eigenvalue weighted by Gasteiger charge is 2.21. The van der Waals surface area contributed by atoms with Crippen LogP contribution >= 0.6 is 0 Å². The van der Waals surface area contributed by atoms with E-state index in [2.05, 4.69) is 77.9 Å². The van der Waals surface area contributed by atoms with Gasteiger partial charge in [0.25, 0.3) is 0 Å². The number of benzene rings is 2. The molecule has 3 rings (SSSR count). The average Bonchev–Trinajstić information content (AvgIpc) is 2.73. The maximum atomic E-state index is 9.92. The van der Waals surface area contributed by atoms with Crippen molar-refractivity contribution in [2.45, 2.75) is 104 Å². The minimum atomic E-state index is 0.124. The first-order chi connectivity index (χ1) is 14.8. The zero-order valence-electron chi connectivity index (χ0n) is 20.4. The van der Waals surface area contributed by atoms with Crippen molar-refractivity contribution >= 4 is 0 Å². The van der Waals surface area contributed by atoms with Crippen molar-refractivity contribution in [1.29, 1.82) is 0 Å². The van der Waals surface area contributed by atoms with E-state index in [1.807, 2.05) is 0 Å². The Morgan fingerprint density at radius 2 is 1.42 bits per heavy atom. The van der Waals surface area contributed by atoms with Crippen molar-refractivity contribution in [2.24, 2.45) is 0 Å². The Hall–Kier alpha value is -1.64. The van der Waals surface area contributed by atoms with Gasteiger partial charge < -0.3 is 9.84 Å². The third kappa shape index (κ3) is 5.99. The van der Waals surface area contributed by atoms with E-state index >= 15 is 0 Å². The number of aliphatic hydroxyl groups is 1. The lowest BCUT2D eigenvalue weighted by atomic mass is 9.84. The van der Waals surface area contributed by atoms with Gasteiger partial charge in [-0.25, -0.2) is 0 Å². The largest absolute Gasteiger partial charge is 0.392 e. The van der Waals surface area contributed by atoms with Crippen LogP contribution in [0.15, 0.2) is 36.4 Å². The number of aliphatic hydroxyl groups excluding tert-OH is 1. The third-order valence-corrected chi connectivity index (χ3v) is 7.17. The number of rotatable bonds is 10. The van der Waals surface area contributed by atoms with Crippen LogP contribution in [0.25, 0.3) is 0 Å². The molecule has 0 amide bonds. The Morgan fingerprint density at radius 3 is 2.00 bits per heavy atom. The molecule has 0 aliphatic carbocycles. The molecule has 2 heteroatoms. The lowest BCUT2D eigenvalue weighted by Gasteiger charge is -2.28. The fourth-order valence-corrected chi connectivity index (χ4v) is 4.79. The Balaban J connectivity index is 1.68. The van der Waals surface area contributed by atoms with E-state index in [-0.39, 0.29) is 6.61 Å². The summed E-state index contributed by atoms with van der Waals surface area (Å²) in [6.07, 6.45) is 4.93. The van der Waals surface area contributed by atoms with E-state index in [4.69, 9.17) is 4.74 Å². The predicted octanol–water partition coefficient (Wildman–Crippen LogP) is 7.44. The molecular weight excluding hydrogens is 380 g/mol. The highest BCUT2D eigenvalue weighted by atomic mass is 16.5. The molecule has 2 aromatic rings. The second kappa shape index (κ2) is 10.8. The van der Waals surface area contributed by atoms with E-state index in [0.29, 0.717) is 29.8 Å². The first-order valence-electron chi connectivity index (χ1n) is 12.3. The van der Waals surface area contributed by atoms with Gasteiger partial charge >= 0.3 is 0 Å². The Labute approximate surface area is 190 Å². The minimum absolute atomic E-state index is 0.124. The van der Waals surface area contributed by atoms with Crippen molar-refractivity contribution < 1.29 is 9.84 Å². The maximum absolute atomic E-state index is 9.92. The Morgan fingerprint density at radius 1 is 0.806 bits per heavy atom. The van der Waals surface area contributed by atoms with Gasteiger partial charge in [-0.05, 0) is 82.7 Å². The van der Waals surface area contributed by atoms with Gasteiger partial charge in [0.2, 0.25) is 0 Å². The Bertz CT molecular complexity index is 848. The zero-order valence-corrected chi connectivity index (χ0v) is 20.4. The van der Waals surface area contributed by atoms with Crippen LogP contribution < -0.4 is 0 Å². The summed E-state index contributed by atoms with van der Waals surface area (Å²) in [5.41, 5.74) is 8.10. The fourth-order valence-electron chi connectivity index (χ4n) is 4.79. The smallest absolute Gasteiger partial charge is 0.0684 e. The second-order valence-corrected chi connectivity index (χ2v) is 10.2. The van der Waals surface area contributed by atoms with Gasteiger partial charge in [0, 0.05) is 6.61 Å². The van der Waals surface area contributed by atoms with Crippen LogP contribution in [-0.2, 0) is 17.8 Å². The van der Waals surface area contributed by atoms with Gasteiger partial charge in [0.15, 0.2) is 0 Å². The van der Waals surface area contributed by atoms with Gasteiger partial charge in [-0.15, -0.1) is 0 Å². The summed E-state index contributed by atoms with van der Waals surface area (Å²) in [4.78, 5) is 0. The van der Waals surface area contributed by atoms with Gasteiger partial charge in [0.05, 0.1) is 12.7 Å². The van der Waals surface area contributed by atoms with E-state index in [9.17, 15) is 5.11 Å².